The van der Waals surface area contributed by atoms with Gasteiger partial charge in [-0.2, -0.15) is 0 Å². The van der Waals surface area contributed by atoms with Crippen LogP contribution in [0.25, 0.3) is 0 Å². The van der Waals surface area contributed by atoms with Crippen LogP contribution in [0.2, 0.25) is 4.09 Å². The van der Waals surface area contributed by atoms with Crippen LogP contribution in [0.4, 0.5) is 0 Å². The van der Waals surface area contributed by atoms with Crippen LogP contribution in [0.15, 0.2) is 0 Å². The second kappa shape index (κ2) is 8.25. The molecule has 0 saturated heterocycles. The summed E-state index contributed by atoms with van der Waals surface area (Å²) in [7, 11) is 0. The van der Waals surface area contributed by atoms with Crippen LogP contribution in [-0.2, 0) is 0 Å². The molecule has 0 bridgehead atoms. The van der Waals surface area contributed by atoms with E-state index in [0.29, 0.717) is 4.09 Å². The van der Waals surface area contributed by atoms with Crippen molar-refractivity contribution in [2.24, 2.45) is 0 Å². The monoisotopic (exact) mass is 132 g/mol. The molecule has 0 heterocycles. The molecular weight excluding hydrogens is 114 g/mol. The van der Waals surface area contributed by atoms with Crippen LogP contribution in [0.3, 0.4) is 0 Å². The molecule has 3 heteroatoms. The normalized spacial score (nSPS) is 9.70. The fourth-order valence-electron chi connectivity index (χ4n) is 0. The Morgan fingerprint density at radius 1 is 1.20 bits per heavy atom. The van der Waals surface area contributed by atoms with Crippen molar-refractivity contribution in [3.05, 3.63) is 0 Å². The van der Waals surface area contributed by atoms with E-state index in [9.17, 15) is 0 Å². The van der Waals surface area contributed by atoms with Crippen molar-refractivity contribution in [1.82, 2.24) is 0 Å². The van der Waals surface area contributed by atoms with Crippen molar-refractivity contribution in [2.45, 2.75) is 44.8 Å². The summed E-state index contributed by atoms with van der Waals surface area (Å²) < 4.78 is 0.500. The van der Waals surface area contributed by atoms with E-state index in [4.69, 9.17) is 5.11 Å². The molecule has 0 radical (unpaired) electrons. The summed E-state index contributed by atoms with van der Waals surface area (Å²) in [5.41, 5.74) is 0. The Morgan fingerprint density at radius 2 is 1.20 bits per heavy atom. The third-order valence-corrected chi connectivity index (χ3v) is 0. The van der Waals surface area contributed by atoms with Crippen LogP contribution in [0.1, 0.15) is 34.6 Å². The molecule has 0 aliphatic rings. The van der Waals surface area contributed by atoms with Gasteiger partial charge >= 0.3 is 61.4 Å². The SMILES string of the molecule is CC(C)O.[LiH].[Li][C](C)(C)C. The number of hydrogen-bond acceptors (Lipinski definition) is 1. The van der Waals surface area contributed by atoms with E-state index in [2.05, 4.69) is 38.5 Å². The Kier molecular flexibility index (Phi) is 14.3. The average Bonchev–Trinajstić information content (AvgIpc) is 1.19. The summed E-state index contributed by atoms with van der Waals surface area (Å²) in [6, 6.07) is 0. The summed E-state index contributed by atoms with van der Waals surface area (Å²) in [6.45, 7) is 10.0. The molecule has 0 atom stereocenters. The van der Waals surface area contributed by atoms with Gasteiger partial charge in [-0.05, 0) is 13.8 Å². The first kappa shape index (κ1) is 17.3. The van der Waals surface area contributed by atoms with Gasteiger partial charge in [0.05, 0.1) is 0 Å². The second-order valence-electron chi connectivity index (χ2n) is 4.09. The Morgan fingerprint density at radius 3 is 1.20 bits per heavy atom. The first-order valence-electron chi connectivity index (χ1n) is 3.41. The summed E-state index contributed by atoms with van der Waals surface area (Å²) in [6.07, 6.45) is -0.167. The van der Waals surface area contributed by atoms with Gasteiger partial charge in [0.15, 0.2) is 0 Å². The Bertz CT molecular complexity index is 48.4. The summed E-state index contributed by atoms with van der Waals surface area (Å²) in [5.74, 6) is 0. The van der Waals surface area contributed by atoms with E-state index in [-0.39, 0.29) is 25.0 Å². The summed E-state index contributed by atoms with van der Waals surface area (Å²) in [5, 5.41) is 8.06. The van der Waals surface area contributed by atoms with E-state index in [1.54, 1.807) is 13.8 Å². The first-order chi connectivity index (χ1) is 3.73. The molecule has 1 N–H and O–H groups in total. The van der Waals surface area contributed by atoms with Crippen LogP contribution in [0.5, 0.6) is 0 Å². The summed E-state index contributed by atoms with van der Waals surface area (Å²) in [4.78, 5) is 0. The van der Waals surface area contributed by atoms with E-state index in [1.807, 2.05) is 0 Å². The molecule has 0 saturated carbocycles. The van der Waals surface area contributed by atoms with Crippen molar-refractivity contribution < 1.29 is 5.11 Å². The van der Waals surface area contributed by atoms with Crippen LogP contribution in [0, 0.1) is 0 Å². The quantitative estimate of drug-likeness (QED) is 0.489. The molecule has 0 aliphatic carbocycles. The van der Waals surface area contributed by atoms with Crippen molar-refractivity contribution in [2.75, 3.05) is 0 Å². The molecule has 0 spiro atoms. The van der Waals surface area contributed by atoms with E-state index >= 15 is 0 Å². The van der Waals surface area contributed by atoms with Gasteiger partial charge in [0.1, 0.15) is 0 Å². The van der Waals surface area contributed by atoms with Gasteiger partial charge in [-0.1, -0.05) is 0 Å². The average molecular weight is 132 g/mol. The maximum absolute atomic E-state index is 8.06. The molecule has 0 aromatic rings. The number of rotatable bonds is 0. The first-order valence-corrected chi connectivity index (χ1v) is 3.41. The van der Waals surface area contributed by atoms with Crippen molar-refractivity contribution in [3.63, 3.8) is 0 Å². The number of hydrogen-bond donors (Lipinski definition) is 1. The molecule has 1 nitrogen and oxygen atoms in total. The van der Waals surface area contributed by atoms with Gasteiger partial charge in [-0.15, -0.1) is 0 Å². The van der Waals surface area contributed by atoms with Crippen LogP contribution >= 0.6 is 0 Å². The van der Waals surface area contributed by atoms with Gasteiger partial charge in [-0.25, -0.2) is 0 Å². The third-order valence-electron chi connectivity index (χ3n) is 0. The zero-order chi connectivity index (χ0) is 8.08. The van der Waals surface area contributed by atoms with Gasteiger partial charge in [0, 0.05) is 6.10 Å². The zero-order valence-corrected chi connectivity index (χ0v) is 7.52. The predicted octanol–water partition coefficient (Wildman–Crippen LogP) is 1.11. The fourth-order valence-corrected chi connectivity index (χ4v) is 0. The van der Waals surface area contributed by atoms with Crippen LogP contribution < -0.4 is 0 Å². The summed E-state index contributed by atoms with van der Waals surface area (Å²) >= 11 is 2.19. The predicted molar refractivity (Wildman–Crippen MR) is 50.0 cm³/mol. The molecule has 0 fully saturated rings. The molecule has 0 rings (SSSR count). The Balaban J connectivity index is -0.0000000910. The van der Waals surface area contributed by atoms with Crippen molar-refractivity contribution in [3.8, 4) is 0 Å². The molecule has 0 amide bonds. The fraction of sp³-hybridized carbons (Fsp3) is 1.00. The van der Waals surface area contributed by atoms with E-state index < -0.39 is 0 Å². The van der Waals surface area contributed by atoms with Crippen LogP contribution in [-0.4, -0.2) is 47.8 Å². The molecule has 0 unspecified atom stereocenters. The van der Waals surface area contributed by atoms with Gasteiger partial charge in [-0.3, -0.25) is 0 Å². The number of aliphatic hydroxyl groups excluding tert-OH is 1. The molecular formula is C7H18Li2O. The third kappa shape index (κ3) is 457. The van der Waals surface area contributed by atoms with Gasteiger partial charge in [0.25, 0.3) is 0 Å². The van der Waals surface area contributed by atoms with E-state index in [0.717, 1.165) is 0 Å². The minimum atomic E-state index is -0.167. The van der Waals surface area contributed by atoms with Crippen molar-refractivity contribution >= 4 is 36.6 Å². The second-order valence-corrected chi connectivity index (χ2v) is 4.09. The number of aliphatic hydroxyl groups is 1. The topological polar surface area (TPSA) is 20.2 Å². The molecule has 10 heavy (non-hydrogen) atoms. The minimum absolute atomic E-state index is 0. The van der Waals surface area contributed by atoms with E-state index in [1.165, 1.54) is 0 Å². The maximum atomic E-state index is 8.06. The zero-order valence-electron chi connectivity index (χ0n) is 7.52. The van der Waals surface area contributed by atoms with Crippen molar-refractivity contribution in [1.29, 1.82) is 0 Å². The Labute approximate surface area is 86.3 Å². The molecule has 54 valence electrons. The standard InChI is InChI=1S/C4H9.C3H8O.2Li.H/c1-4(2)3;1-3(2)4;;;/h1-3H3;3-4H,1-2H3;;;. The van der Waals surface area contributed by atoms with Gasteiger partial charge in [0.2, 0.25) is 0 Å². The Hall–Kier alpha value is 1.15. The molecule has 0 aromatic carbocycles. The molecule has 0 aliphatic heterocycles. The van der Waals surface area contributed by atoms with Gasteiger partial charge < -0.3 is 5.11 Å². The molecule has 0 aromatic heterocycles.